The van der Waals surface area contributed by atoms with Crippen molar-refractivity contribution in [3.8, 4) is 5.75 Å². The predicted molar refractivity (Wildman–Crippen MR) is 159 cm³/mol. The fraction of sp³-hybridized carbons (Fsp3) is 0.200. The van der Waals surface area contributed by atoms with Crippen LogP contribution in [0, 0.1) is 13.8 Å². The number of hydrogen-bond acceptors (Lipinski definition) is 12. The Bertz CT molecular complexity index is 2020. The standard InChI is InChI=1S/C13H10N2O5.C10H10N2O4.C7H7NO3/c1-4-7(11(18)14-6(3)9(4)16)8-5(2)10(17)13(20)15-12(8)19;1-3-5-6(8(11)14)4(2)16-10(5)12-9(15)7(3)13;1-3-4(2)6(10)8-7(11)5(3)9/h3H2,1-2H3,(H,14,18)(H,15,19,20);13H,1-2H3,(H2,11,14)(H,12,15);1-2H3,(H,8,10,11). The predicted octanol–water partition coefficient (Wildman–Crippen LogP) is -0.852. The first-order chi connectivity index (χ1) is 21.7. The fourth-order valence-corrected chi connectivity index (χ4v) is 4.55. The number of aromatic hydroxyl groups is 1. The Morgan fingerprint density at radius 2 is 1.13 bits per heavy atom. The number of nitrogens with one attached hydrogen (secondary N) is 4. The van der Waals surface area contributed by atoms with Crippen molar-refractivity contribution in [1.82, 2.24) is 20.9 Å². The summed E-state index contributed by atoms with van der Waals surface area (Å²) in [5, 5.41) is 15.8. The van der Waals surface area contributed by atoms with Gasteiger partial charge in [-0.15, -0.1) is 0 Å². The number of hydrogen-bond donors (Lipinski definition) is 6. The molecule has 0 bridgehead atoms. The van der Waals surface area contributed by atoms with Gasteiger partial charge in [0, 0.05) is 27.9 Å². The number of nitrogens with two attached hydrogens (primary N) is 1. The average molecular weight is 650 g/mol. The van der Waals surface area contributed by atoms with E-state index in [0.29, 0.717) is 16.7 Å². The van der Waals surface area contributed by atoms with Gasteiger partial charge in [-0.1, -0.05) is 6.58 Å². The van der Waals surface area contributed by atoms with Crippen LogP contribution in [0.5, 0.6) is 5.75 Å². The first-order valence-corrected chi connectivity index (χ1v) is 13.3. The lowest BCUT2D eigenvalue weighted by Crippen LogP contribution is -2.46. The summed E-state index contributed by atoms with van der Waals surface area (Å²) in [7, 11) is 0. The molecule has 0 fully saturated rings. The largest absolute Gasteiger partial charge is 0.503 e. The highest BCUT2D eigenvalue weighted by molar-refractivity contribution is 6.49. The number of rotatable bonds is 2. The van der Waals surface area contributed by atoms with E-state index in [9.17, 15) is 53.1 Å². The molecule has 0 radical (unpaired) electrons. The molecular weight excluding hydrogens is 622 g/mol. The van der Waals surface area contributed by atoms with Crippen LogP contribution in [-0.4, -0.2) is 62.9 Å². The maximum atomic E-state index is 11.9. The van der Waals surface area contributed by atoms with Crippen LogP contribution < -0.4 is 27.2 Å². The third-order valence-electron chi connectivity index (χ3n) is 7.29. The second-order valence-corrected chi connectivity index (χ2v) is 10.3. The zero-order valence-electron chi connectivity index (χ0n) is 25.7. The summed E-state index contributed by atoms with van der Waals surface area (Å²) in [6, 6.07) is 0. The van der Waals surface area contributed by atoms with Crippen molar-refractivity contribution in [3.05, 3.63) is 73.0 Å². The van der Waals surface area contributed by atoms with Crippen LogP contribution in [0.1, 0.15) is 49.4 Å². The molecule has 0 aromatic carbocycles. The number of ketones is 3. The molecule has 17 heteroatoms. The molecule has 0 saturated heterocycles. The molecule has 5 rings (SSSR count). The molecule has 6 amide bonds. The minimum Gasteiger partial charge on any atom is -0.503 e. The number of carbonyl (C=O) groups is 9. The highest BCUT2D eigenvalue weighted by atomic mass is 16.3. The molecule has 0 atom stereocenters. The Morgan fingerprint density at radius 1 is 0.660 bits per heavy atom. The molecule has 0 spiro atoms. The SMILES string of the molecule is C=C1NC(=O)C(C2=C(C)C(=O)C(=O)NC2=O)=C(C)C1=O.CC1=C(C)C(=O)C(=O)NC1=O.Cc1oc2[nH]c(=O)c(O)c(C)c2c1C(N)=O. The lowest BCUT2D eigenvalue weighted by molar-refractivity contribution is -0.140. The highest BCUT2D eigenvalue weighted by Gasteiger charge is 2.38. The summed E-state index contributed by atoms with van der Waals surface area (Å²) in [6.07, 6.45) is 0. The van der Waals surface area contributed by atoms with Crippen molar-refractivity contribution >= 4 is 63.9 Å². The number of H-pyrrole nitrogens is 1. The van der Waals surface area contributed by atoms with Crippen molar-refractivity contribution in [1.29, 1.82) is 0 Å². The summed E-state index contributed by atoms with van der Waals surface area (Å²) < 4.78 is 5.21. The zero-order chi connectivity index (χ0) is 35.8. The van der Waals surface area contributed by atoms with Gasteiger partial charge in [-0.25, -0.2) is 0 Å². The molecule has 17 nitrogen and oxygen atoms in total. The molecule has 2 aromatic heterocycles. The van der Waals surface area contributed by atoms with Gasteiger partial charge < -0.3 is 20.6 Å². The van der Waals surface area contributed by atoms with Gasteiger partial charge in [-0.2, -0.15) is 0 Å². The van der Waals surface area contributed by atoms with E-state index in [2.05, 4.69) is 16.9 Å². The van der Waals surface area contributed by atoms with Crippen molar-refractivity contribution in [2.24, 2.45) is 5.73 Å². The van der Waals surface area contributed by atoms with E-state index in [1.54, 1.807) is 6.92 Å². The number of allylic oxidation sites excluding steroid dienone is 1. The second-order valence-electron chi connectivity index (χ2n) is 10.3. The molecule has 2 aromatic rings. The first-order valence-electron chi connectivity index (χ1n) is 13.3. The monoisotopic (exact) mass is 649 g/mol. The molecule has 0 unspecified atom stereocenters. The zero-order valence-corrected chi connectivity index (χ0v) is 25.7. The molecule has 3 aliphatic heterocycles. The van der Waals surface area contributed by atoms with Gasteiger partial charge in [0.25, 0.3) is 41.0 Å². The summed E-state index contributed by atoms with van der Waals surface area (Å²) in [5.41, 5.74) is 4.98. The quantitative estimate of drug-likeness (QED) is 0.132. The summed E-state index contributed by atoms with van der Waals surface area (Å²) in [6.45, 7) is 12.1. The Hall–Kier alpha value is -6.52. The average Bonchev–Trinajstić information content (AvgIpc) is 3.33. The maximum absolute atomic E-state index is 11.9. The summed E-state index contributed by atoms with van der Waals surface area (Å²) in [4.78, 5) is 116. The van der Waals surface area contributed by atoms with Gasteiger partial charge in [0.15, 0.2) is 5.75 Å². The topological polar surface area (TPSA) is 282 Å². The molecular formula is C30H27N5O12. The summed E-state index contributed by atoms with van der Waals surface area (Å²) in [5.74, 6) is -6.81. The summed E-state index contributed by atoms with van der Waals surface area (Å²) >= 11 is 0. The van der Waals surface area contributed by atoms with Crippen molar-refractivity contribution < 1.29 is 52.7 Å². The third kappa shape index (κ3) is 6.35. The van der Waals surface area contributed by atoms with Crippen LogP contribution in [0.3, 0.4) is 0 Å². The molecule has 7 N–H and O–H groups in total. The van der Waals surface area contributed by atoms with Gasteiger partial charge in [-0.3, -0.25) is 63.6 Å². The second kappa shape index (κ2) is 12.8. The Labute approximate surface area is 263 Å². The highest BCUT2D eigenvalue weighted by Crippen LogP contribution is 2.29. The Morgan fingerprint density at radius 3 is 1.66 bits per heavy atom. The van der Waals surface area contributed by atoms with E-state index in [0.717, 1.165) is 0 Å². The molecule has 3 aliphatic rings. The molecule has 244 valence electrons. The van der Waals surface area contributed by atoms with Crippen LogP contribution in [0.4, 0.5) is 0 Å². The van der Waals surface area contributed by atoms with Gasteiger partial charge >= 0.3 is 0 Å². The van der Waals surface area contributed by atoms with E-state index in [1.807, 2.05) is 10.6 Å². The molecule has 0 saturated carbocycles. The fourth-order valence-electron chi connectivity index (χ4n) is 4.55. The van der Waals surface area contributed by atoms with Crippen LogP contribution in [0.15, 0.2) is 54.9 Å². The van der Waals surface area contributed by atoms with E-state index >= 15 is 0 Å². The molecule has 0 aliphatic carbocycles. The van der Waals surface area contributed by atoms with Gasteiger partial charge in [0.05, 0.1) is 27.8 Å². The normalized spacial score (nSPS) is 16.9. The van der Waals surface area contributed by atoms with Crippen molar-refractivity contribution in [2.45, 2.75) is 41.5 Å². The smallest absolute Gasteiger partial charge is 0.298 e. The van der Waals surface area contributed by atoms with Crippen molar-refractivity contribution in [3.63, 3.8) is 0 Å². The number of aryl methyl sites for hydroxylation is 2. The van der Waals surface area contributed by atoms with Crippen LogP contribution in [-0.2, 0) is 38.4 Å². The van der Waals surface area contributed by atoms with Crippen LogP contribution in [0.25, 0.3) is 11.1 Å². The number of aromatic amines is 1. The van der Waals surface area contributed by atoms with E-state index in [1.165, 1.54) is 34.6 Å². The van der Waals surface area contributed by atoms with Gasteiger partial charge in [0.1, 0.15) is 5.76 Å². The van der Waals surface area contributed by atoms with Crippen molar-refractivity contribution in [2.75, 3.05) is 0 Å². The number of imide groups is 2. The number of pyridine rings is 1. The van der Waals surface area contributed by atoms with E-state index < -0.39 is 64.1 Å². The van der Waals surface area contributed by atoms with Gasteiger partial charge in [0.2, 0.25) is 23.1 Å². The number of amides is 6. The van der Waals surface area contributed by atoms with Gasteiger partial charge in [-0.05, 0) is 41.5 Å². The maximum Gasteiger partial charge on any atom is 0.298 e. The Kier molecular flexibility index (Phi) is 9.55. The lowest BCUT2D eigenvalue weighted by Gasteiger charge is -2.23. The number of Topliss-reactive ketones (excluding diaryl/α,β-unsaturated/α-hetero) is 3. The van der Waals surface area contributed by atoms with E-state index in [-0.39, 0.29) is 50.4 Å². The first kappa shape index (κ1) is 35.0. The van der Waals surface area contributed by atoms with Crippen LogP contribution in [0.2, 0.25) is 0 Å². The molecule has 5 heterocycles. The van der Waals surface area contributed by atoms with E-state index in [4.69, 9.17) is 10.2 Å². The van der Waals surface area contributed by atoms with Crippen LogP contribution >= 0.6 is 0 Å². The minimum atomic E-state index is -1.05. The minimum absolute atomic E-state index is 0.00500. The molecule has 47 heavy (non-hydrogen) atoms. The number of primary amides is 1. The number of fused-ring (bicyclic) bond motifs is 1. The number of furan rings is 1. The Balaban J connectivity index is 0.000000200. The third-order valence-corrected chi connectivity index (χ3v) is 7.29. The number of carbonyl (C=O) groups excluding carboxylic acids is 9. The number of aromatic nitrogens is 1. The lowest BCUT2D eigenvalue weighted by atomic mass is 9.87.